The molecule has 2 atom stereocenters. The molecule has 2 unspecified atom stereocenters. The van der Waals surface area contributed by atoms with Crippen LogP contribution in [0.3, 0.4) is 0 Å². The normalized spacial score (nSPS) is 20.5. The minimum atomic E-state index is -6.00. The summed E-state index contributed by atoms with van der Waals surface area (Å²) in [5.74, 6) is 0. The molecule has 31 heavy (non-hydrogen) atoms. The lowest BCUT2D eigenvalue weighted by molar-refractivity contribution is -0.845. The van der Waals surface area contributed by atoms with Crippen molar-refractivity contribution in [3.05, 3.63) is 57.6 Å². The molecular formula is C24H35BF4N2. The third-order valence-electron chi connectivity index (χ3n) is 6.51. The number of benzene rings is 2. The van der Waals surface area contributed by atoms with Crippen molar-refractivity contribution in [2.24, 2.45) is 0 Å². The molecule has 3 rings (SSSR count). The average molecular weight is 438 g/mol. The number of hydrogen-bond donors (Lipinski definition) is 1. The van der Waals surface area contributed by atoms with Gasteiger partial charge in [0.25, 0.3) is 0 Å². The van der Waals surface area contributed by atoms with Gasteiger partial charge >= 0.3 is 7.25 Å². The van der Waals surface area contributed by atoms with Gasteiger partial charge in [0.15, 0.2) is 6.67 Å². The zero-order chi connectivity index (χ0) is 23.9. The Hall–Kier alpha value is -2.02. The molecule has 1 aliphatic heterocycles. The zero-order valence-corrected chi connectivity index (χ0v) is 20.1. The summed E-state index contributed by atoms with van der Waals surface area (Å²) in [5, 5.41) is 0. The smallest absolute Gasteiger partial charge is 0.418 e. The van der Waals surface area contributed by atoms with Crippen molar-refractivity contribution in [3.8, 4) is 0 Å². The Labute approximate surface area is 184 Å². The highest BCUT2D eigenvalue weighted by Gasteiger charge is 2.49. The van der Waals surface area contributed by atoms with Gasteiger partial charge < -0.3 is 22.2 Å². The number of nitrogens with zero attached hydrogens (tertiary/aromatic N) is 1. The minimum Gasteiger partial charge on any atom is -0.418 e. The SMILES string of the molecule is Cc1cc(C)c(N2C[NH+](c3c(C)cc(C)cc3C)C(C)C2(C)C)c(C)c1.F[B-](F)(F)F. The van der Waals surface area contributed by atoms with Crippen molar-refractivity contribution >= 4 is 18.6 Å². The molecule has 1 aliphatic rings. The summed E-state index contributed by atoms with van der Waals surface area (Å²) in [7, 11) is -6.00. The Kier molecular flexibility index (Phi) is 7.21. The fourth-order valence-electron chi connectivity index (χ4n) is 5.12. The molecule has 0 radical (unpaired) electrons. The van der Waals surface area contributed by atoms with E-state index in [-0.39, 0.29) is 5.54 Å². The van der Waals surface area contributed by atoms with Gasteiger partial charge in [-0.3, -0.25) is 4.90 Å². The predicted molar refractivity (Wildman–Crippen MR) is 123 cm³/mol. The first-order valence-electron chi connectivity index (χ1n) is 10.7. The second-order valence-electron chi connectivity index (χ2n) is 9.50. The Balaban J connectivity index is 0.000000614. The lowest BCUT2D eigenvalue weighted by Gasteiger charge is -2.34. The number of aryl methyl sites for hydroxylation is 6. The third kappa shape index (κ3) is 5.62. The summed E-state index contributed by atoms with van der Waals surface area (Å²) in [6.45, 7) is 21.7. The van der Waals surface area contributed by atoms with Gasteiger partial charge in [-0.2, -0.15) is 0 Å². The van der Waals surface area contributed by atoms with Crippen molar-refractivity contribution in [2.45, 2.75) is 73.9 Å². The van der Waals surface area contributed by atoms with Crippen molar-refractivity contribution in [1.82, 2.24) is 0 Å². The van der Waals surface area contributed by atoms with Crippen LogP contribution in [0.1, 0.15) is 54.2 Å². The van der Waals surface area contributed by atoms with Crippen LogP contribution in [0, 0.1) is 41.5 Å². The Bertz CT molecular complexity index is 901. The summed E-state index contributed by atoms with van der Waals surface area (Å²) < 4.78 is 39.0. The van der Waals surface area contributed by atoms with E-state index in [0.29, 0.717) is 6.04 Å². The molecule has 1 saturated heterocycles. The Morgan fingerprint density at radius 2 is 1.16 bits per heavy atom. The van der Waals surface area contributed by atoms with Crippen LogP contribution < -0.4 is 9.80 Å². The van der Waals surface area contributed by atoms with E-state index in [0.717, 1.165) is 6.67 Å². The van der Waals surface area contributed by atoms with Crippen LogP contribution in [0.15, 0.2) is 24.3 Å². The van der Waals surface area contributed by atoms with Gasteiger partial charge in [0.2, 0.25) is 0 Å². The molecule has 7 heteroatoms. The molecule has 0 amide bonds. The summed E-state index contributed by atoms with van der Waals surface area (Å²) in [6, 6.07) is 9.83. The monoisotopic (exact) mass is 438 g/mol. The highest BCUT2D eigenvalue weighted by molar-refractivity contribution is 6.50. The molecule has 0 aliphatic carbocycles. The van der Waals surface area contributed by atoms with Crippen LogP contribution in [-0.4, -0.2) is 25.5 Å². The molecule has 0 aromatic heterocycles. The molecule has 0 saturated carbocycles. The quantitative estimate of drug-likeness (QED) is 0.447. The first kappa shape index (κ1) is 25.2. The minimum absolute atomic E-state index is 0.101. The second-order valence-corrected chi connectivity index (χ2v) is 9.50. The summed E-state index contributed by atoms with van der Waals surface area (Å²) >= 11 is 0. The third-order valence-corrected chi connectivity index (χ3v) is 6.51. The largest absolute Gasteiger partial charge is 0.673 e. The van der Waals surface area contributed by atoms with Crippen molar-refractivity contribution in [2.75, 3.05) is 11.6 Å². The van der Waals surface area contributed by atoms with Gasteiger partial charge in [0.1, 0.15) is 11.7 Å². The van der Waals surface area contributed by atoms with E-state index in [1.54, 1.807) is 4.90 Å². The molecule has 172 valence electrons. The van der Waals surface area contributed by atoms with E-state index in [2.05, 4.69) is 91.5 Å². The van der Waals surface area contributed by atoms with Crippen LogP contribution in [0.4, 0.5) is 28.6 Å². The van der Waals surface area contributed by atoms with Crippen molar-refractivity contribution < 1.29 is 22.2 Å². The molecule has 0 bridgehead atoms. The Morgan fingerprint density at radius 1 is 0.806 bits per heavy atom. The van der Waals surface area contributed by atoms with E-state index >= 15 is 0 Å². The summed E-state index contributed by atoms with van der Waals surface area (Å²) in [6.07, 6.45) is 0. The number of nitrogens with one attached hydrogen (secondary N) is 1. The summed E-state index contributed by atoms with van der Waals surface area (Å²) in [4.78, 5) is 4.24. The van der Waals surface area contributed by atoms with Gasteiger partial charge in [-0.25, -0.2) is 0 Å². The van der Waals surface area contributed by atoms with Crippen LogP contribution in [0.25, 0.3) is 0 Å². The van der Waals surface area contributed by atoms with E-state index in [4.69, 9.17) is 0 Å². The molecule has 1 N–H and O–H groups in total. The fourth-order valence-corrected chi connectivity index (χ4v) is 5.12. The lowest BCUT2D eigenvalue weighted by atomic mass is 9.92. The maximum absolute atomic E-state index is 9.75. The maximum Gasteiger partial charge on any atom is 0.673 e. The van der Waals surface area contributed by atoms with Crippen LogP contribution >= 0.6 is 0 Å². The van der Waals surface area contributed by atoms with Gasteiger partial charge in [0, 0.05) is 16.8 Å². The average Bonchev–Trinajstić information content (AvgIpc) is 2.76. The van der Waals surface area contributed by atoms with Crippen LogP contribution in [0.2, 0.25) is 0 Å². The van der Waals surface area contributed by atoms with Crippen LogP contribution in [-0.2, 0) is 0 Å². The van der Waals surface area contributed by atoms with E-state index in [1.165, 1.54) is 44.8 Å². The van der Waals surface area contributed by atoms with E-state index < -0.39 is 7.25 Å². The maximum atomic E-state index is 9.75. The van der Waals surface area contributed by atoms with Gasteiger partial charge in [-0.1, -0.05) is 35.4 Å². The van der Waals surface area contributed by atoms with Crippen molar-refractivity contribution in [3.63, 3.8) is 0 Å². The van der Waals surface area contributed by atoms with Gasteiger partial charge in [-0.05, 0) is 73.4 Å². The first-order chi connectivity index (χ1) is 14.0. The molecular weight excluding hydrogens is 403 g/mol. The Morgan fingerprint density at radius 3 is 1.55 bits per heavy atom. The topological polar surface area (TPSA) is 7.68 Å². The van der Waals surface area contributed by atoms with E-state index in [1.807, 2.05) is 0 Å². The zero-order valence-electron chi connectivity index (χ0n) is 20.1. The van der Waals surface area contributed by atoms with Gasteiger partial charge in [-0.15, -0.1) is 0 Å². The first-order valence-corrected chi connectivity index (χ1v) is 10.7. The number of rotatable bonds is 2. The van der Waals surface area contributed by atoms with Crippen LogP contribution in [0.5, 0.6) is 0 Å². The molecule has 0 spiro atoms. The molecule has 1 fully saturated rings. The second kappa shape index (κ2) is 8.85. The lowest BCUT2D eigenvalue weighted by Crippen LogP contribution is -3.10. The van der Waals surface area contributed by atoms with Gasteiger partial charge in [0.05, 0.1) is 5.54 Å². The number of anilines is 1. The highest BCUT2D eigenvalue weighted by Crippen LogP contribution is 2.35. The summed E-state index contributed by atoms with van der Waals surface area (Å²) in [5.41, 5.74) is 11.3. The number of quaternary nitrogens is 1. The standard InChI is InChI=1S/C24H34N2.BF4/c1-15-10-17(3)22(18(4)11-15)25-14-26(24(8,9)21(25)7)23-19(5)12-16(2)13-20(23)6;2-1(3,4)5/h10-13,21H,14H2,1-9H3;/q;-1/p+1. The number of halogens is 4. The predicted octanol–water partition coefficient (Wildman–Crippen LogP) is 6.00. The number of hydrogen-bond acceptors (Lipinski definition) is 1. The molecule has 1 heterocycles. The van der Waals surface area contributed by atoms with E-state index in [9.17, 15) is 17.3 Å². The highest BCUT2D eigenvalue weighted by atomic mass is 19.5. The molecule has 2 nitrogen and oxygen atoms in total. The molecule has 2 aromatic carbocycles. The molecule has 2 aromatic rings. The fraction of sp³-hybridized carbons (Fsp3) is 0.500. The van der Waals surface area contributed by atoms with Crippen molar-refractivity contribution in [1.29, 1.82) is 0 Å².